The van der Waals surface area contributed by atoms with Crippen LogP contribution >= 0.6 is 0 Å². The number of carbonyl (C=O) groups is 1. The summed E-state index contributed by atoms with van der Waals surface area (Å²) in [6.07, 6.45) is 3.42. The first kappa shape index (κ1) is 9.61. The molecule has 0 aliphatic heterocycles. The van der Waals surface area contributed by atoms with Crippen LogP contribution in [0.4, 0.5) is 4.39 Å². The van der Waals surface area contributed by atoms with Crippen LogP contribution in [0.25, 0.3) is 6.08 Å². The van der Waals surface area contributed by atoms with E-state index in [9.17, 15) is 9.18 Å². The maximum absolute atomic E-state index is 13.0. The number of aliphatic hydroxyl groups is 1. The Hall–Kier alpha value is -1.48. The van der Waals surface area contributed by atoms with Gasteiger partial charge in [0, 0.05) is 0 Å². The van der Waals surface area contributed by atoms with Crippen molar-refractivity contribution in [3.05, 3.63) is 41.2 Å². The van der Waals surface area contributed by atoms with Crippen LogP contribution in [0.15, 0.2) is 24.3 Å². The number of benzene rings is 1. The molecule has 0 heterocycles. The minimum Gasteiger partial charge on any atom is -0.392 e. The fourth-order valence-corrected chi connectivity index (χ4v) is 1.00. The maximum Gasteiger partial charge on any atom is 0.153 e. The second-order valence-electron chi connectivity index (χ2n) is 2.45. The lowest BCUT2D eigenvalue weighted by Crippen LogP contribution is -1.91. The number of carbonyl (C=O) groups excluding carboxylic acids is 1. The van der Waals surface area contributed by atoms with E-state index in [1.807, 2.05) is 0 Å². The standard InChI is InChI=1S/C10H9FO2/c11-10-5-1-3-8(4-2-6-12)9(10)7-13/h1-5,7,12H,6H2. The van der Waals surface area contributed by atoms with E-state index in [1.165, 1.54) is 24.3 Å². The van der Waals surface area contributed by atoms with Gasteiger partial charge in [-0.25, -0.2) is 4.39 Å². The van der Waals surface area contributed by atoms with Crippen molar-refractivity contribution >= 4 is 12.4 Å². The number of aliphatic hydroxyl groups excluding tert-OH is 1. The Morgan fingerprint density at radius 3 is 2.85 bits per heavy atom. The Labute approximate surface area is 75.3 Å². The average molecular weight is 180 g/mol. The molecule has 0 saturated carbocycles. The summed E-state index contributed by atoms with van der Waals surface area (Å²) in [7, 11) is 0. The molecule has 13 heavy (non-hydrogen) atoms. The normalized spacial score (nSPS) is 10.6. The number of rotatable bonds is 3. The Morgan fingerprint density at radius 2 is 2.23 bits per heavy atom. The Kier molecular flexibility index (Phi) is 3.34. The van der Waals surface area contributed by atoms with Gasteiger partial charge < -0.3 is 5.11 Å². The third-order valence-electron chi connectivity index (χ3n) is 1.61. The highest BCUT2D eigenvalue weighted by Gasteiger charge is 2.03. The molecule has 2 nitrogen and oxygen atoms in total. The smallest absolute Gasteiger partial charge is 0.153 e. The minimum absolute atomic E-state index is 0.0206. The monoisotopic (exact) mass is 180 g/mol. The number of aldehydes is 1. The molecule has 0 fully saturated rings. The van der Waals surface area contributed by atoms with Crippen molar-refractivity contribution in [2.75, 3.05) is 6.61 Å². The Bertz CT molecular complexity index is 332. The largest absolute Gasteiger partial charge is 0.392 e. The molecule has 0 aliphatic carbocycles. The van der Waals surface area contributed by atoms with Gasteiger partial charge in [-0.15, -0.1) is 0 Å². The van der Waals surface area contributed by atoms with Crippen LogP contribution in [0.2, 0.25) is 0 Å². The molecule has 0 aliphatic rings. The summed E-state index contributed by atoms with van der Waals surface area (Å²) in [4.78, 5) is 10.5. The van der Waals surface area contributed by atoms with E-state index in [0.29, 0.717) is 11.8 Å². The minimum atomic E-state index is -0.546. The summed E-state index contributed by atoms with van der Waals surface area (Å²) in [5, 5.41) is 8.49. The first-order valence-corrected chi connectivity index (χ1v) is 3.80. The van der Waals surface area contributed by atoms with Gasteiger partial charge in [0.1, 0.15) is 5.82 Å². The lowest BCUT2D eigenvalue weighted by Gasteiger charge is -1.98. The summed E-state index contributed by atoms with van der Waals surface area (Å²) in [5.74, 6) is -0.546. The summed E-state index contributed by atoms with van der Waals surface area (Å²) >= 11 is 0. The van der Waals surface area contributed by atoms with Crippen molar-refractivity contribution in [1.82, 2.24) is 0 Å². The van der Waals surface area contributed by atoms with Crippen molar-refractivity contribution in [1.29, 1.82) is 0 Å². The van der Waals surface area contributed by atoms with Crippen molar-refractivity contribution in [3.63, 3.8) is 0 Å². The van der Waals surface area contributed by atoms with Crippen molar-refractivity contribution in [2.24, 2.45) is 0 Å². The highest BCUT2D eigenvalue weighted by Crippen LogP contribution is 2.12. The van der Waals surface area contributed by atoms with Gasteiger partial charge in [0.2, 0.25) is 0 Å². The second-order valence-corrected chi connectivity index (χ2v) is 2.45. The van der Waals surface area contributed by atoms with E-state index in [2.05, 4.69) is 0 Å². The summed E-state index contributed by atoms with van der Waals surface area (Å²) < 4.78 is 13.0. The maximum atomic E-state index is 13.0. The fourth-order valence-electron chi connectivity index (χ4n) is 1.00. The number of halogens is 1. The molecule has 0 saturated heterocycles. The molecule has 3 heteroatoms. The molecule has 0 spiro atoms. The molecular formula is C10H9FO2. The van der Waals surface area contributed by atoms with E-state index < -0.39 is 5.82 Å². The van der Waals surface area contributed by atoms with Crippen LogP contribution in [0.3, 0.4) is 0 Å². The van der Waals surface area contributed by atoms with E-state index >= 15 is 0 Å². The molecule has 0 amide bonds. The van der Waals surface area contributed by atoms with E-state index in [4.69, 9.17) is 5.11 Å². The SMILES string of the molecule is O=Cc1c(F)cccc1C=CCO. The molecule has 0 unspecified atom stereocenters. The van der Waals surface area contributed by atoms with E-state index in [-0.39, 0.29) is 12.2 Å². The first-order chi connectivity index (χ1) is 6.29. The lowest BCUT2D eigenvalue weighted by molar-refractivity contribution is 0.111. The summed E-state index contributed by atoms with van der Waals surface area (Å²) in [6, 6.07) is 4.35. The summed E-state index contributed by atoms with van der Waals surface area (Å²) in [6.45, 7) is -0.130. The predicted octanol–water partition coefficient (Wildman–Crippen LogP) is 1.64. The van der Waals surface area contributed by atoms with Crippen molar-refractivity contribution in [2.45, 2.75) is 0 Å². The highest BCUT2D eigenvalue weighted by atomic mass is 19.1. The van der Waals surface area contributed by atoms with Gasteiger partial charge in [0.05, 0.1) is 12.2 Å². The molecule has 0 bridgehead atoms. The topological polar surface area (TPSA) is 37.3 Å². The molecule has 0 atom stereocenters. The van der Waals surface area contributed by atoms with Crippen LogP contribution in [0, 0.1) is 5.82 Å². The second kappa shape index (κ2) is 4.52. The van der Waals surface area contributed by atoms with Crippen LogP contribution in [0.1, 0.15) is 15.9 Å². The van der Waals surface area contributed by atoms with E-state index in [1.54, 1.807) is 6.07 Å². The van der Waals surface area contributed by atoms with Gasteiger partial charge >= 0.3 is 0 Å². The van der Waals surface area contributed by atoms with Gasteiger partial charge in [0.15, 0.2) is 6.29 Å². The fraction of sp³-hybridized carbons (Fsp3) is 0.100. The quantitative estimate of drug-likeness (QED) is 0.718. The molecule has 68 valence electrons. The van der Waals surface area contributed by atoms with E-state index in [0.717, 1.165) is 0 Å². The molecule has 0 aromatic heterocycles. The average Bonchev–Trinajstić information content (AvgIpc) is 2.15. The molecule has 1 aromatic carbocycles. The molecule has 0 radical (unpaired) electrons. The van der Waals surface area contributed by atoms with Crippen LogP contribution < -0.4 is 0 Å². The highest BCUT2D eigenvalue weighted by molar-refractivity contribution is 5.82. The predicted molar refractivity (Wildman–Crippen MR) is 47.9 cm³/mol. The Balaban J connectivity index is 3.12. The number of hydrogen-bond acceptors (Lipinski definition) is 2. The van der Waals surface area contributed by atoms with Crippen LogP contribution in [0.5, 0.6) is 0 Å². The first-order valence-electron chi connectivity index (χ1n) is 3.80. The zero-order chi connectivity index (χ0) is 9.68. The van der Waals surface area contributed by atoms with Gasteiger partial charge in [-0.1, -0.05) is 24.3 Å². The zero-order valence-corrected chi connectivity index (χ0v) is 6.90. The van der Waals surface area contributed by atoms with Gasteiger partial charge in [-0.2, -0.15) is 0 Å². The third-order valence-corrected chi connectivity index (χ3v) is 1.61. The van der Waals surface area contributed by atoms with Crippen molar-refractivity contribution < 1.29 is 14.3 Å². The summed E-state index contributed by atoms with van der Waals surface area (Å²) in [5.41, 5.74) is 0.497. The van der Waals surface area contributed by atoms with Crippen LogP contribution in [-0.2, 0) is 0 Å². The lowest BCUT2D eigenvalue weighted by atomic mass is 10.1. The van der Waals surface area contributed by atoms with Crippen LogP contribution in [-0.4, -0.2) is 18.0 Å². The molecular weight excluding hydrogens is 171 g/mol. The molecule has 1 aromatic rings. The zero-order valence-electron chi connectivity index (χ0n) is 6.90. The van der Waals surface area contributed by atoms with Gasteiger partial charge in [-0.3, -0.25) is 4.79 Å². The van der Waals surface area contributed by atoms with Gasteiger partial charge in [-0.05, 0) is 11.6 Å². The molecule has 1 rings (SSSR count). The third kappa shape index (κ3) is 2.23. The Morgan fingerprint density at radius 1 is 1.46 bits per heavy atom. The van der Waals surface area contributed by atoms with Crippen molar-refractivity contribution in [3.8, 4) is 0 Å². The number of hydrogen-bond donors (Lipinski definition) is 1. The molecule has 1 N–H and O–H groups in total. The van der Waals surface area contributed by atoms with Gasteiger partial charge in [0.25, 0.3) is 0 Å².